The van der Waals surface area contributed by atoms with E-state index in [9.17, 15) is 18.0 Å². The number of hydrogen-bond acceptors (Lipinski definition) is 6. The third-order valence-corrected chi connectivity index (χ3v) is 6.21. The molecule has 2 aromatic carbocycles. The second-order valence-electron chi connectivity index (χ2n) is 6.27. The van der Waals surface area contributed by atoms with E-state index < -0.39 is 21.8 Å². The number of hydrogen-bond donors (Lipinski definition) is 2. The van der Waals surface area contributed by atoms with Crippen LogP contribution in [0.5, 0.6) is 11.5 Å². The zero-order valence-electron chi connectivity index (χ0n) is 16.0. The van der Waals surface area contributed by atoms with Gasteiger partial charge in [0.15, 0.2) is 11.5 Å². The predicted octanol–water partition coefficient (Wildman–Crippen LogP) is 1.82. The number of nitrogens with one attached hydrogen (secondary N) is 2. The summed E-state index contributed by atoms with van der Waals surface area (Å²) in [6.07, 6.45) is 0.548. The Hall–Kier alpha value is -3.27. The van der Waals surface area contributed by atoms with Crippen molar-refractivity contribution in [3.05, 3.63) is 42.5 Å². The van der Waals surface area contributed by atoms with Crippen molar-refractivity contribution in [1.29, 1.82) is 0 Å². The van der Waals surface area contributed by atoms with E-state index in [1.54, 1.807) is 30.3 Å². The van der Waals surface area contributed by atoms with Crippen molar-refractivity contribution in [3.8, 4) is 11.5 Å². The Bertz CT molecular complexity index is 1040. The van der Waals surface area contributed by atoms with Gasteiger partial charge in [0.25, 0.3) is 0 Å². The van der Waals surface area contributed by atoms with Crippen molar-refractivity contribution in [2.45, 2.75) is 6.42 Å². The molecule has 0 spiro atoms. The van der Waals surface area contributed by atoms with E-state index in [2.05, 4.69) is 10.6 Å². The van der Waals surface area contributed by atoms with Crippen LogP contribution in [0.15, 0.2) is 42.5 Å². The summed E-state index contributed by atoms with van der Waals surface area (Å²) < 4.78 is 35.7. The quantitative estimate of drug-likeness (QED) is 0.715. The van der Waals surface area contributed by atoms with Crippen molar-refractivity contribution in [3.63, 3.8) is 0 Å². The summed E-state index contributed by atoms with van der Waals surface area (Å²) in [5.74, 6) is -0.774. The highest BCUT2D eigenvalue weighted by molar-refractivity contribution is 7.93. The van der Waals surface area contributed by atoms with Crippen LogP contribution in [0.2, 0.25) is 0 Å². The van der Waals surface area contributed by atoms with Gasteiger partial charge in [0.1, 0.15) is 0 Å². The molecule has 3 rings (SSSR count). The first-order valence-corrected chi connectivity index (χ1v) is 10.4. The Morgan fingerprint density at radius 1 is 0.931 bits per heavy atom. The molecule has 1 heterocycles. The van der Waals surface area contributed by atoms with Gasteiger partial charge in [0.2, 0.25) is 10.0 Å². The highest BCUT2D eigenvalue weighted by Gasteiger charge is 2.28. The van der Waals surface area contributed by atoms with Crippen LogP contribution >= 0.6 is 0 Å². The normalized spacial score (nSPS) is 14.9. The van der Waals surface area contributed by atoms with E-state index >= 15 is 0 Å². The first-order valence-electron chi connectivity index (χ1n) is 8.79. The summed E-state index contributed by atoms with van der Waals surface area (Å²) in [4.78, 5) is 24.5. The van der Waals surface area contributed by atoms with Crippen LogP contribution in [-0.2, 0) is 19.6 Å². The van der Waals surface area contributed by atoms with E-state index in [1.807, 2.05) is 0 Å². The van der Waals surface area contributed by atoms with E-state index in [0.717, 1.165) is 0 Å². The highest BCUT2D eigenvalue weighted by Crippen LogP contribution is 2.30. The molecular formula is C19H21N3O6S. The molecule has 0 saturated carbocycles. The average molecular weight is 419 g/mol. The van der Waals surface area contributed by atoms with Gasteiger partial charge in [-0.05, 0) is 36.8 Å². The number of nitrogens with zero attached hydrogens (tertiary/aromatic N) is 1. The van der Waals surface area contributed by atoms with E-state index in [0.29, 0.717) is 41.5 Å². The first kappa shape index (κ1) is 20.5. The van der Waals surface area contributed by atoms with Crippen LogP contribution in [-0.4, -0.2) is 46.7 Å². The van der Waals surface area contributed by atoms with Crippen LogP contribution in [0.4, 0.5) is 17.1 Å². The summed E-state index contributed by atoms with van der Waals surface area (Å²) in [6.45, 7) is 0.388. The maximum absolute atomic E-state index is 12.2. The molecule has 2 aromatic rings. The molecule has 29 heavy (non-hydrogen) atoms. The Kier molecular flexibility index (Phi) is 5.92. The molecule has 0 radical (unpaired) electrons. The number of sulfonamides is 1. The SMILES string of the molecule is COc1ccc(NC(=O)C(=O)Nc2cccc(N3CCCS3(=O)=O)c2)cc1OC. The molecule has 9 nitrogen and oxygen atoms in total. The van der Waals surface area contributed by atoms with E-state index in [1.165, 1.54) is 30.7 Å². The third-order valence-electron chi connectivity index (χ3n) is 4.34. The largest absolute Gasteiger partial charge is 0.493 e. The lowest BCUT2D eigenvalue weighted by Crippen LogP contribution is -2.29. The van der Waals surface area contributed by atoms with Gasteiger partial charge >= 0.3 is 11.8 Å². The zero-order chi connectivity index (χ0) is 21.0. The van der Waals surface area contributed by atoms with Crippen molar-refractivity contribution in [1.82, 2.24) is 0 Å². The smallest absolute Gasteiger partial charge is 0.314 e. The van der Waals surface area contributed by atoms with Crippen LogP contribution < -0.4 is 24.4 Å². The summed E-state index contributed by atoms with van der Waals surface area (Å²) in [5, 5.41) is 4.95. The van der Waals surface area contributed by atoms with Crippen LogP contribution in [0.25, 0.3) is 0 Å². The van der Waals surface area contributed by atoms with E-state index in [4.69, 9.17) is 9.47 Å². The maximum atomic E-state index is 12.2. The Labute approximate surface area is 168 Å². The number of anilines is 3. The van der Waals surface area contributed by atoms with Crippen LogP contribution in [0, 0.1) is 0 Å². The summed E-state index contributed by atoms with van der Waals surface area (Å²) in [5.41, 5.74) is 1.12. The molecular weight excluding hydrogens is 398 g/mol. The van der Waals surface area contributed by atoms with Gasteiger partial charge in [0, 0.05) is 24.0 Å². The summed E-state index contributed by atoms with van der Waals surface area (Å²) in [6, 6.07) is 11.1. The molecule has 0 aromatic heterocycles. The van der Waals surface area contributed by atoms with Crippen LogP contribution in [0.3, 0.4) is 0 Å². The van der Waals surface area contributed by atoms with Gasteiger partial charge < -0.3 is 20.1 Å². The van der Waals surface area contributed by atoms with Crippen molar-refractivity contribution < 1.29 is 27.5 Å². The molecule has 0 bridgehead atoms. The standard InChI is InChI=1S/C19H21N3O6S/c1-27-16-8-7-14(12-17(16)28-2)21-19(24)18(23)20-13-5-3-6-15(11-13)22-9-4-10-29(22,25)26/h3,5-8,11-12H,4,9-10H2,1-2H3,(H,20,23)(H,21,24). The van der Waals surface area contributed by atoms with Gasteiger partial charge in [-0.3, -0.25) is 13.9 Å². The third kappa shape index (κ3) is 4.60. The lowest BCUT2D eigenvalue weighted by atomic mass is 10.2. The Morgan fingerprint density at radius 2 is 1.59 bits per heavy atom. The molecule has 1 aliphatic heterocycles. The fourth-order valence-corrected chi connectivity index (χ4v) is 4.51. The minimum absolute atomic E-state index is 0.0946. The number of rotatable bonds is 5. The van der Waals surface area contributed by atoms with Gasteiger partial charge in [-0.1, -0.05) is 6.07 Å². The minimum atomic E-state index is -3.34. The number of methoxy groups -OCH3 is 2. The first-order chi connectivity index (χ1) is 13.8. The summed E-state index contributed by atoms with van der Waals surface area (Å²) >= 11 is 0. The fourth-order valence-electron chi connectivity index (χ4n) is 2.96. The van der Waals surface area contributed by atoms with E-state index in [-0.39, 0.29) is 5.75 Å². The summed E-state index contributed by atoms with van der Waals surface area (Å²) in [7, 11) is -0.382. The van der Waals surface area contributed by atoms with Crippen molar-refractivity contribution >= 4 is 38.9 Å². The van der Waals surface area contributed by atoms with Crippen molar-refractivity contribution in [2.24, 2.45) is 0 Å². The van der Waals surface area contributed by atoms with Gasteiger partial charge in [-0.25, -0.2) is 8.42 Å². The topological polar surface area (TPSA) is 114 Å². The number of carbonyl (C=O) groups excluding carboxylic acids is 2. The molecule has 1 saturated heterocycles. The lowest BCUT2D eigenvalue weighted by molar-refractivity contribution is -0.132. The molecule has 0 unspecified atom stereocenters. The number of ether oxygens (including phenoxy) is 2. The highest BCUT2D eigenvalue weighted by atomic mass is 32.2. The number of carbonyl (C=O) groups is 2. The monoisotopic (exact) mass is 419 g/mol. The lowest BCUT2D eigenvalue weighted by Gasteiger charge is -2.17. The zero-order valence-corrected chi connectivity index (χ0v) is 16.8. The predicted molar refractivity (Wildman–Crippen MR) is 109 cm³/mol. The minimum Gasteiger partial charge on any atom is -0.493 e. The molecule has 1 fully saturated rings. The molecule has 0 aliphatic carbocycles. The number of amides is 2. The molecule has 2 N–H and O–H groups in total. The van der Waals surface area contributed by atoms with Gasteiger partial charge in [0.05, 0.1) is 25.7 Å². The van der Waals surface area contributed by atoms with Gasteiger partial charge in [-0.15, -0.1) is 0 Å². The molecule has 0 atom stereocenters. The van der Waals surface area contributed by atoms with Crippen LogP contribution in [0.1, 0.15) is 6.42 Å². The maximum Gasteiger partial charge on any atom is 0.314 e. The average Bonchev–Trinajstić information content (AvgIpc) is 3.07. The Morgan fingerprint density at radius 3 is 2.17 bits per heavy atom. The second-order valence-corrected chi connectivity index (χ2v) is 8.28. The fraction of sp³-hybridized carbons (Fsp3) is 0.263. The van der Waals surface area contributed by atoms with Crippen molar-refractivity contribution in [2.75, 3.05) is 41.5 Å². The molecule has 1 aliphatic rings. The molecule has 154 valence electrons. The molecule has 2 amide bonds. The number of benzene rings is 2. The molecule has 10 heteroatoms. The second kappa shape index (κ2) is 8.39. The van der Waals surface area contributed by atoms with Gasteiger partial charge in [-0.2, -0.15) is 0 Å². The Balaban J connectivity index is 1.69.